The summed E-state index contributed by atoms with van der Waals surface area (Å²) in [6.07, 6.45) is 7.41. The lowest BCUT2D eigenvalue weighted by molar-refractivity contribution is -0.151. The number of rotatable bonds is 5. The van der Waals surface area contributed by atoms with Gasteiger partial charge in [-0.3, -0.25) is 4.79 Å². The molecule has 0 saturated carbocycles. The summed E-state index contributed by atoms with van der Waals surface area (Å²) in [5.41, 5.74) is -0.878. The minimum Gasteiger partial charge on any atom is -0.497 e. The highest BCUT2D eigenvalue weighted by atomic mass is 16.5. The first-order valence-electron chi connectivity index (χ1n) is 7.59. The van der Waals surface area contributed by atoms with Crippen LogP contribution in [0.1, 0.15) is 19.3 Å². The van der Waals surface area contributed by atoms with Gasteiger partial charge in [-0.05, 0) is 42.8 Å². The van der Waals surface area contributed by atoms with E-state index in [1.54, 1.807) is 13.3 Å². The second-order valence-electron chi connectivity index (χ2n) is 5.79. The van der Waals surface area contributed by atoms with E-state index in [1.807, 2.05) is 36.4 Å². The van der Waals surface area contributed by atoms with Crippen molar-refractivity contribution in [2.24, 2.45) is 5.41 Å². The molecule has 5 nitrogen and oxygen atoms in total. The van der Waals surface area contributed by atoms with E-state index in [0.29, 0.717) is 24.5 Å². The van der Waals surface area contributed by atoms with E-state index in [4.69, 9.17) is 9.47 Å². The molecule has 0 aliphatic heterocycles. The maximum atomic E-state index is 11.7. The smallest absolute Gasteiger partial charge is 0.313 e. The van der Waals surface area contributed by atoms with Crippen LogP contribution in [0.25, 0.3) is 10.8 Å². The fraction of sp³-hybridized carbons (Fsp3) is 0.333. The van der Waals surface area contributed by atoms with Gasteiger partial charge in [-0.1, -0.05) is 18.2 Å². The van der Waals surface area contributed by atoms with Gasteiger partial charge in [-0.25, -0.2) is 4.98 Å². The molecule has 3 rings (SSSR count). The molecule has 0 bridgehead atoms. The van der Waals surface area contributed by atoms with Crippen LogP contribution in [0.2, 0.25) is 0 Å². The molecule has 5 heteroatoms. The molecule has 0 amide bonds. The Hall–Kier alpha value is -2.56. The Labute approximate surface area is 134 Å². The average molecular weight is 313 g/mol. The third kappa shape index (κ3) is 2.99. The number of hydrogen-bond acceptors (Lipinski definition) is 4. The van der Waals surface area contributed by atoms with E-state index in [-0.39, 0.29) is 6.61 Å². The van der Waals surface area contributed by atoms with E-state index in [2.05, 4.69) is 4.98 Å². The Balaban J connectivity index is 1.89. The number of hydrogen-bond donors (Lipinski definition) is 1. The molecule has 1 aromatic carbocycles. The van der Waals surface area contributed by atoms with Crippen LogP contribution >= 0.6 is 0 Å². The monoisotopic (exact) mass is 313 g/mol. The highest BCUT2D eigenvalue weighted by molar-refractivity contribution is 5.88. The molecule has 1 aliphatic carbocycles. The molecule has 1 unspecified atom stereocenters. The fourth-order valence-corrected chi connectivity index (χ4v) is 2.84. The summed E-state index contributed by atoms with van der Waals surface area (Å²) in [5, 5.41) is 11.4. The number of carbonyl (C=O) groups is 1. The predicted octanol–water partition coefficient (Wildman–Crippen LogP) is 3.43. The quantitative estimate of drug-likeness (QED) is 0.856. The molecule has 1 atom stereocenters. The summed E-state index contributed by atoms with van der Waals surface area (Å²) >= 11 is 0. The second kappa shape index (κ2) is 6.28. The van der Waals surface area contributed by atoms with Gasteiger partial charge >= 0.3 is 5.97 Å². The lowest BCUT2D eigenvalue weighted by Gasteiger charge is -2.30. The molecule has 2 aromatic rings. The summed E-state index contributed by atoms with van der Waals surface area (Å²) in [4.78, 5) is 16.0. The number of benzene rings is 1. The van der Waals surface area contributed by atoms with Gasteiger partial charge in [0.15, 0.2) is 0 Å². The van der Waals surface area contributed by atoms with Crippen molar-refractivity contribution in [3.05, 3.63) is 42.6 Å². The summed E-state index contributed by atoms with van der Waals surface area (Å²) < 4.78 is 11.1. The number of pyridine rings is 1. The Morgan fingerprint density at radius 1 is 1.35 bits per heavy atom. The highest BCUT2D eigenvalue weighted by Gasteiger charge is 2.39. The van der Waals surface area contributed by atoms with Crippen molar-refractivity contribution in [3.8, 4) is 11.6 Å². The van der Waals surface area contributed by atoms with Crippen LogP contribution in [-0.2, 0) is 4.79 Å². The zero-order chi connectivity index (χ0) is 16.3. The van der Waals surface area contributed by atoms with Gasteiger partial charge in [0.2, 0.25) is 5.88 Å². The van der Waals surface area contributed by atoms with Crippen molar-refractivity contribution in [2.75, 3.05) is 13.7 Å². The van der Waals surface area contributed by atoms with Crippen molar-refractivity contribution in [1.82, 2.24) is 4.98 Å². The zero-order valence-electron chi connectivity index (χ0n) is 13.0. The number of aromatic nitrogens is 1. The first-order valence-corrected chi connectivity index (χ1v) is 7.59. The lowest BCUT2D eigenvalue weighted by atomic mass is 9.78. The molecule has 1 aliphatic rings. The maximum absolute atomic E-state index is 11.7. The highest BCUT2D eigenvalue weighted by Crippen LogP contribution is 2.35. The standard InChI is InChI=1S/C18H19NO4/c1-22-14-6-5-13-7-10-19-16(15(13)11-14)23-12-18(17(20)21)8-3-2-4-9-18/h2-3,5-7,10-11H,4,8-9,12H2,1H3,(H,20,21). The number of methoxy groups -OCH3 is 1. The number of allylic oxidation sites excluding steroid dienone is 2. The van der Waals surface area contributed by atoms with Crippen molar-refractivity contribution >= 4 is 16.7 Å². The topological polar surface area (TPSA) is 68.7 Å². The van der Waals surface area contributed by atoms with Gasteiger partial charge in [0.1, 0.15) is 17.8 Å². The molecule has 0 saturated heterocycles. The second-order valence-corrected chi connectivity index (χ2v) is 5.79. The number of carboxylic acids is 1. The minimum absolute atomic E-state index is 0.107. The Kier molecular flexibility index (Phi) is 4.19. The third-order valence-corrected chi connectivity index (χ3v) is 4.34. The molecule has 0 fully saturated rings. The lowest BCUT2D eigenvalue weighted by Crippen LogP contribution is -2.38. The van der Waals surface area contributed by atoms with Crippen molar-refractivity contribution in [2.45, 2.75) is 19.3 Å². The van der Waals surface area contributed by atoms with E-state index in [1.165, 1.54) is 0 Å². The van der Waals surface area contributed by atoms with Gasteiger partial charge in [0, 0.05) is 11.6 Å². The zero-order valence-corrected chi connectivity index (χ0v) is 13.0. The summed E-state index contributed by atoms with van der Waals surface area (Å²) in [5.74, 6) is 0.333. The number of aliphatic carboxylic acids is 1. The van der Waals surface area contributed by atoms with Crippen LogP contribution in [0.15, 0.2) is 42.6 Å². The van der Waals surface area contributed by atoms with Crippen molar-refractivity contribution in [1.29, 1.82) is 0 Å². The number of ether oxygens (including phenoxy) is 2. The Bertz CT molecular complexity index is 756. The minimum atomic E-state index is -0.878. The molecule has 0 spiro atoms. The van der Waals surface area contributed by atoms with E-state index in [9.17, 15) is 9.90 Å². The first-order chi connectivity index (χ1) is 11.1. The van der Waals surface area contributed by atoms with Gasteiger partial charge < -0.3 is 14.6 Å². The molecule has 120 valence electrons. The normalized spacial score (nSPS) is 20.4. The van der Waals surface area contributed by atoms with Crippen LogP contribution in [0, 0.1) is 5.41 Å². The molecule has 0 radical (unpaired) electrons. The summed E-state index contributed by atoms with van der Waals surface area (Å²) in [6.45, 7) is 0.107. The van der Waals surface area contributed by atoms with E-state index >= 15 is 0 Å². The molecular formula is C18H19NO4. The molecule has 23 heavy (non-hydrogen) atoms. The number of fused-ring (bicyclic) bond motifs is 1. The van der Waals surface area contributed by atoms with Gasteiger partial charge in [0.25, 0.3) is 0 Å². The van der Waals surface area contributed by atoms with Crippen LogP contribution in [0.3, 0.4) is 0 Å². The van der Waals surface area contributed by atoms with Gasteiger partial charge in [-0.15, -0.1) is 0 Å². The Morgan fingerprint density at radius 2 is 2.22 bits per heavy atom. The maximum Gasteiger partial charge on any atom is 0.313 e. The van der Waals surface area contributed by atoms with Crippen LogP contribution in [0.5, 0.6) is 11.6 Å². The molecule has 1 N–H and O–H groups in total. The number of nitrogens with zero attached hydrogens (tertiary/aromatic N) is 1. The van der Waals surface area contributed by atoms with Gasteiger partial charge in [0.05, 0.1) is 7.11 Å². The van der Waals surface area contributed by atoms with Crippen molar-refractivity contribution < 1.29 is 19.4 Å². The predicted molar refractivity (Wildman–Crippen MR) is 86.8 cm³/mol. The SMILES string of the molecule is COc1ccc2ccnc(OCC3(C(=O)O)CC=CCC3)c2c1. The third-order valence-electron chi connectivity index (χ3n) is 4.34. The molecular weight excluding hydrogens is 294 g/mol. The van der Waals surface area contributed by atoms with E-state index in [0.717, 1.165) is 17.2 Å². The van der Waals surface area contributed by atoms with Crippen LogP contribution in [0.4, 0.5) is 0 Å². The van der Waals surface area contributed by atoms with Crippen LogP contribution < -0.4 is 9.47 Å². The van der Waals surface area contributed by atoms with E-state index < -0.39 is 11.4 Å². The molecule has 1 heterocycles. The van der Waals surface area contributed by atoms with Crippen LogP contribution in [-0.4, -0.2) is 29.8 Å². The number of carboxylic acid groups (broad SMARTS) is 1. The fourth-order valence-electron chi connectivity index (χ4n) is 2.84. The average Bonchev–Trinajstić information content (AvgIpc) is 2.60. The summed E-state index contributed by atoms with van der Waals surface area (Å²) in [6, 6.07) is 7.54. The molecule has 1 aromatic heterocycles. The largest absolute Gasteiger partial charge is 0.497 e. The first kappa shape index (κ1) is 15.3. The summed E-state index contributed by atoms with van der Waals surface area (Å²) in [7, 11) is 1.60. The Morgan fingerprint density at radius 3 is 2.91 bits per heavy atom. The van der Waals surface area contributed by atoms with Gasteiger partial charge in [-0.2, -0.15) is 0 Å². The van der Waals surface area contributed by atoms with Crippen molar-refractivity contribution in [3.63, 3.8) is 0 Å².